The number of rotatable bonds is 6. The zero-order valence-corrected chi connectivity index (χ0v) is 15.8. The number of halogens is 1. The van der Waals surface area contributed by atoms with E-state index in [1.807, 2.05) is 64.1 Å². The topological polar surface area (TPSA) is 35.5 Å². The molecule has 0 aliphatic carbocycles. The van der Waals surface area contributed by atoms with Crippen molar-refractivity contribution in [2.45, 2.75) is 44.5 Å². The lowest BCUT2D eigenvalue weighted by Gasteiger charge is -2.27. The molecule has 0 fully saturated rings. The lowest BCUT2D eigenvalue weighted by Crippen LogP contribution is -2.11. The maximum Gasteiger partial charge on any atom is 0.349 e. The molecule has 2 aromatic carbocycles. The zero-order chi connectivity index (χ0) is 16.3. The van der Waals surface area contributed by atoms with Crippen LogP contribution >= 0.6 is 23.5 Å². The molecule has 0 aromatic heterocycles. The van der Waals surface area contributed by atoms with Crippen molar-refractivity contribution < 1.29 is 13.6 Å². The number of benzene rings is 2. The van der Waals surface area contributed by atoms with Crippen LogP contribution in [0.15, 0.2) is 42.5 Å². The Morgan fingerprint density at radius 2 is 1.45 bits per heavy atom. The van der Waals surface area contributed by atoms with E-state index in [-0.39, 0.29) is 12.2 Å². The molecule has 0 amide bonds. The highest BCUT2D eigenvalue weighted by Crippen LogP contribution is 2.65. The molecule has 0 spiro atoms. The lowest BCUT2D eigenvalue weighted by molar-refractivity contribution is 0.141. The van der Waals surface area contributed by atoms with Gasteiger partial charge >= 0.3 is 7.60 Å². The van der Waals surface area contributed by atoms with Crippen molar-refractivity contribution in [2.75, 3.05) is 0 Å². The smallest absolute Gasteiger partial charge is 0.305 e. The fraction of sp³-hybridized carbons (Fsp3) is 0.412. The van der Waals surface area contributed by atoms with Gasteiger partial charge in [0.25, 0.3) is 0 Å². The van der Waals surface area contributed by atoms with Crippen LogP contribution in [-0.2, 0) is 13.6 Å². The molecule has 1 atom stereocenters. The van der Waals surface area contributed by atoms with Gasteiger partial charge < -0.3 is 9.05 Å². The van der Waals surface area contributed by atoms with E-state index < -0.39 is 12.2 Å². The van der Waals surface area contributed by atoms with Gasteiger partial charge in [-0.2, -0.15) is 0 Å². The van der Waals surface area contributed by atoms with Crippen molar-refractivity contribution in [2.24, 2.45) is 0 Å². The average Bonchev–Trinajstić information content (AvgIpc) is 2.44. The van der Waals surface area contributed by atoms with Crippen molar-refractivity contribution in [3.05, 3.63) is 48.0 Å². The molecule has 0 aliphatic heterocycles. The molecule has 1 unspecified atom stereocenters. The summed E-state index contributed by atoms with van der Waals surface area (Å²) in [7, 11) is -3.31. The predicted octanol–water partition coefficient (Wildman–Crippen LogP) is 6.28. The van der Waals surface area contributed by atoms with Crippen LogP contribution in [-0.4, -0.2) is 12.2 Å². The van der Waals surface area contributed by atoms with Crippen molar-refractivity contribution >= 4 is 34.3 Å². The number of fused-ring (bicyclic) bond motifs is 1. The van der Waals surface area contributed by atoms with Crippen LogP contribution in [0.3, 0.4) is 0 Å². The first-order valence-electron chi connectivity index (χ1n) is 7.41. The summed E-state index contributed by atoms with van der Waals surface area (Å²) in [6, 6.07) is 14.1. The molecule has 0 saturated heterocycles. The summed E-state index contributed by atoms with van der Waals surface area (Å²) in [5, 5.41) is 2.25. The van der Waals surface area contributed by atoms with Crippen molar-refractivity contribution in [3.63, 3.8) is 0 Å². The van der Waals surface area contributed by atoms with Gasteiger partial charge in [0.2, 0.25) is 0 Å². The van der Waals surface area contributed by atoms with Crippen LogP contribution in [0.5, 0.6) is 0 Å². The van der Waals surface area contributed by atoms with Gasteiger partial charge in [0, 0.05) is 0 Å². The number of hydrogen-bond acceptors (Lipinski definition) is 3. The third-order valence-corrected chi connectivity index (χ3v) is 7.36. The Bertz CT molecular complexity index is 670. The van der Waals surface area contributed by atoms with E-state index >= 15 is 0 Å². The quantitative estimate of drug-likeness (QED) is 0.434. The van der Waals surface area contributed by atoms with E-state index in [2.05, 4.69) is 22.0 Å². The van der Waals surface area contributed by atoms with Crippen molar-refractivity contribution in [1.29, 1.82) is 0 Å². The highest BCUT2D eigenvalue weighted by molar-refractivity contribution is 9.10. The van der Waals surface area contributed by atoms with Crippen LogP contribution < -0.4 is 0 Å². The molecule has 0 radical (unpaired) electrons. The Balaban J connectivity index is 2.39. The summed E-state index contributed by atoms with van der Waals surface area (Å²) in [5.74, 6) is 0. The second kappa shape index (κ2) is 7.27. The maximum absolute atomic E-state index is 13.2. The fourth-order valence-electron chi connectivity index (χ4n) is 2.26. The summed E-state index contributed by atoms with van der Waals surface area (Å²) in [6.07, 6.45) is -0.352. The second-order valence-corrected chi connectivity index (χ2v) is 9.43. The molecule has 2 aromatic rings. The van der Waals surface area contributed by atoms with Gasteiger partial charge in [-0.1, -0.05) is 52.3 Å². The summed E-state index contributed by atoms with van der Waals surface area (Å²) in [4.78, 5) is 0. The van der Waals surface area contributed by atoms with Crippen LogP contribution in [0, 0.1) is 0 Å². The third kappa shape index (κ3) is 4.20. The van der Waals surface area contributed by atoms with E-state index in [9.17, 15) is 4.57 Å². The fourth-order valence-corrected chi connectivity index (χ4v) is 5.09. The minimum atomic E-state index is -3.31. The standard InChI is InChI=1S/C17H22BrO3P/c1-12(2)20-22(19,21-13(3)4)17(18)16-10-9-14-7-5-6-8-15(14)11-16/h5-13,17H,1-4H3. The SMILES string of the molecule is CC(C)OP(=O)(OC(C)C)C(Br)c1ccc2ccccc2c1. The number of hydrogen-bond donors (Lipinski definition) is 0. The molecule has 5 heteroatoms. The Morgan fingerprint density at radius 1 is 0.909 bits per heavy atom. The third-order valence-electron chi connectivity index (χ3n) is 3.04. The molecule has 2 rings (SSSR count). The lowest BCUT2D eigenvalue weighted by atomic mass is 10.1. The monoisotopic (exact) mass is 384 g/mol. The van der Waals surface area contributed by atoms with Crippen LogP contribution in [0.1, 0.15) is 37.8 Å². The Morgan fingerprint density at radius 3 is 2.00 bits per heavy atom. The average molecular weight is 385 g/mol. The highest BCUT2D eigenvalue weighted by Gasteiger charge is 2.37. The van der Waals surface area contributed by atoms with Crippen LogP contribution in [0.2, 0.25) is 0 Å². The largest absolute Gasteiger partial charge is 0.349 e. The first kappa shape index (κ1) is 17.7. The highest BCUT2D eigenvalue weighted by atomic mass is 79.9. The first-order chi connectivity index (χ1) is 10.3. The molecule has 22 heavy (non-hydrogen) atoms. The number of alkyl halides is 1. The minimum Gasteiger partial charge on any atom is -0.305 e. The van der Waals surface area contributed by atoms with Gasteiger partial charge in [0.15, 0.2) is 0 Å². The summed E-state index contributed by atoms with van der Waals surface area (Å²) < 4.78 is 24.0. The van der Waals surface area contributed by atoms with Crippen LogP contribution in [0.4, 0.5) is 0 Å². The molecule has 0 bridgehead atoms. The molecule has 3 nitrogen and oxygen atoms in total. The predicted molar refractivity (Wildman–Crippen MR) is 95.7 cm³/mol. The summed E-state index contributed by atoms with van der Waals surface area (Å²) in [5.41, 5.74) is 0.892. The van der Waals surface area contributed by atoms with Crippen molar-refractivity contribution in [3.8, 4) is 0 Å². The van der Waals surface area contributed by atoms with E-state index in [1.165, 1.54) is 0 Å². The van der Waals surface area contributed by atoms with Gasteiger partial charge in [-0.05, 0) is 50.1 Å². The van der Waals surface area contributed by atoms with E-state index in [1.54, 1.807) is 0 Å². The Kier molecular flexibility index (Phi) is 5.84. The molecule has 0 N–H and O–H groups in total. The normalized spacial score (nSPS) is 14.0. The summed E-state index contributed by atoms with van der Waals surface area (Å²) >= 11 is 3.54. The molecule has 0 heterocycles. The second-order valence-electron chi connectivity index (χ2n) is 5.79. The van der Waals surface area contributed by atoms with Crippen molar-refractivity contribution in [1.82, 2.24) is 0 Å². The Hall–Kier alpha value is -0.670. The minimum absolute atomic E-state index is 0.176. The van der Waals surface area contributed by atoms with Gasteiger partial charge in [0.1, 0.15) is 4.57 Å². The zero-order valence-electron chi connectivity index (χ0n) is 13.3. The van der Waals surface area contributed by atoms with Gasteiger partial charge in [-0.25, -0.2) is 0 Å². The van der Waals surface area contributed by atoms with E-state index in [0.717, 1.165) is 16.3 Å². The van der Waals surface area contributed by atoms with Gasteiger partial charge in [-0.15, -0.1) is 0 Å². The maximum atomic E-state index is 13.2. The molecule has 120 valence electrons. The molecular weight excluding hydrogens is 363 g/mol. The van der Waals surface area contributed by atoms with Gasteiger partial charge in [-0.3, -0.25) is 4.57 Å². The van der Waals surface area contributed by atoms with E-state index in [0.29, 0.717) is 0 Å². The first-order valence-corrected chi connectivity index (χ1v) is 9.94. The molecule has 0 saturated carbocycles. The Labute approximate surface area is 140 Å². The molecule has 0 aliphatic rings. The van der Waals surface area contributed by atoms with Crippen LogP contribution in [0.25, 0.3) is 10.8 Å². The van der Waals surface area contributed by atoms with Gasteiger partial charge in [0.05, 0.1) is 12.2 Å². The van der Waals surface area contributed by atoms with E-state index in [4.69, 9.17) is 9.05 Å². The summed E-state index contributed by atoms with van der Waals surface area (Å²) in [6.45, 7) is 7.43. The molecular formula is C17H22BrO3P.